The first-order valence-electron chi connectivity index (χ1n) is 21.7. The van der Waals surface area contributed by atoms with Crippen LogP contribution in [0.1, 0.15) is 69.3 Å². The minimum absolute atomic E-state index is 0.0971. The summed E-state index contributed by atoms with van der Waals surface area (Å²) in [6.45, 7) is 12.2. The number of hydrogen-bond donors (Lipinski definition) is 4. The normalized spacial score (nSPS) is 13.8. The highest BCUT2D eigenvalue weighted by Crippen LogP contribution is 2.30. The van der Waals surface area contributed by atoms with Crippen LogP contribution in [0.2, 0.25) is 0 Å². The first kappa shape index (κ1) is 51.6. The molecule has 12 nitrogen and oxygen atoms in total. The summed E-state index contributed by atoms with van der Waals surface area (Å²) >= 11 is 11.0. The van der Waals surface area contributed by atoms with Gasteiger partial charge in [-0.2, -0.15) is 4.99 Å². The number of ketones is 2. The van der Waals surface area contributed by atoms with E-state index in [-0.39, 0.29) is 17.4 Å². The zero-order chi connectivity index (χ0) is 46.4. The number of rotatable bonds is 17. The van der Waals surface area contributed by atoms with Gasteiger partial charge in [0.2, 0.25) is 5.78 Å². The fourth-order valence-electron chi connectivity index (χ4n) is 6.87. The SMILES string of the molecule is CCc1cccc(C(=O)c2sc(Nc3ccc(OCCN4CCCC4)cc3)nc2N)c1.Cc1cccc(C(=O)CBr)c1.NC(=NC(=S)Nc1ccc(OCCN2CCCC2)cc1)SCP. The van der Waals surface area contributed by atoms with Gasteiger partial charge < -0.3 is 31.6 Å². The number of aryl methyl sites for hydroxylation is 2. The summed E-state index contributed by atoms with van der Waals surface area (Å²) < 4.78 is 11.6. The molecule has 2 aliphatic heterocycles. The smallest absolute Gasteiger partial charge is 0.206 e. The number of amidine groups is 1. The molecule has 2 saturated heterocycles. The first-order valence-corrected chi connectivity index (χ1v) is 25.9. The molecule has 0 radical (unpaired) electrons. The number of nitrogens with two attached hydrogens (primary N) is 2. The molecule has 7 rings (SSSR count). The number of likely N-dealkylation sites (tertiary alicyclic amines) is 2. The van der Waals surface area contributed by atoms with Crippen molar-refractivity contribution in [1.29, 1.82) is 0 Å². The average Bonchev–Trinajstić information content (AvgIpc) is 4.11. The molecule has 0 bridgehead atoms. The van der Waals surface area contributed by atoms with Gasteiger partial charge in [-0.15, -0.1) is 9.24 Å². The van der Waals surface area contributed by atoms with E-state index in [1.54, 1.807) is 0 Å². The van der Waals surface area contributed by atoms with Crippen molar-refractivity contribution in [3.05, 3.63) is 124 Å². The van der Waals surface area contributed by atoms with Crippen molar-refractivity contribution in [3.8, 4) is 11.5 Å². The van der Waals surface area contributed by atoms with E-state index in [4.69, 9.17) is 33.2 Å². The van der Waals surface area contributed by atoms with Gasteiger partial charge in [0.25, 0.3) is 0 Å². The average molecular weight is 1020 g/mol. The van der Waals surface area contributed by atoms with Crippen molar-refractivity contribution in [1.82, 2.24) is 14.8 Å². The van der Waals surface area contributed by atoms with Gasteiger partial charge in [-0.3, -0.25) is 19.4 Å². The van der Waals surface area contributed by atoms with Crippen LogP contribution in [0.3, 0.4) is 0 Å². The first-order chi connectivity index (χ1) is 31.5. The molecule has 0 spiro atoms. The van der Waals surface area contributed by atoms with E-state index in [1.807, 2.05) is 104 Å². The molecule has 346 valence electrons. The van der Waals surface area contributed by atoms with Gasteiger partial charge >= 0.3 is 0 Å². The number of ether oxygens (including phenoxy) is 2. The summed E-state index contributed by atoms with van der Waals surface area (Å²) in [5.74, 6) is 1.99. The number of carbonyl (C=O) groups is 2. The highest BCUT2D eigenvalue weighted by molar-refractivity contribution is 9.09. The number of benzene rings is 4. The maximum Gasteiger partial charge on any atom is 0.206 e. The quantitative estimate of drug-likeness (QED) is 0.0174. The van der Waals surface area contributed by atoms with Crippen LogP contribution in [-0.4, -0.2) is 99.9 Å². The summed E-state index contributed by atoms with van der Waals surface area (Å²) in [5.41, 5.74) is 18.0. The van der Waals surface area contributed by atoms with Crippen LogP contribution in [0, 0.1) is 6.92 Å². The van der Waals surface area contributed by atoms with Crippen LogP contribution >= 0.6 is 60.5 Å². The topological polar surface area (TPSA) is 160 Å². The predicted octanol–water partition coefficient (Wildman–Crippen LogP) is 10.0. The van der Waals surface area contributed by atoms with Crippen molar-refractivity contribution in [2.45, 2.75) is 46.0 Å². The molecule has 0 amide bonds. The van der Waals surface area contributed by atoms with Gasteiger partial charge in [0.1, 0.15) is 35.4 Å². The second-order valence-electron chi connectivity index (χ2n) is 15.2. The summed E-state index contributed by atoms with van der Waals surface area (Å²) in [6, 6.07) is 30.7. The van der Waals surface area contributed by atoms with E-state index in [0.717, 1.165) is 71.2 Å². The zero-order valence-electron chi connectivity index (χ0n) is 37.1. The number of thioether (sulfide) groups is 1. The van der Waals surface area contributed by atoms with Crippen molar-refractivity contribution < 1.29 is 19.1 Å². The van der Waals surface area contributed by atoms with E-state index in [1.165, 1.54) is 75.0 Å². The number of hydrogen-bond acceptors (Lipinski definition) is 12. The van der Waals surface area contributed by atoms with Crippen LogP contribution in [0.4, 0.5) is 22.3 Å². The lowest BCUT2D eigenvalue weighted by Crippen LogP contribution is -2.25. The minimum atomic E-state index is -0.0971. The number of halogens is 1. The lowest BCUT2D eigenvalue weighted by molar-refractivity contribution is 0.102. The Balaban J connectivity index is 0.000000204. The van der Waals surface area contributed by atoms with Crippen LogP contribution in [0.5, 0.6) is 11.5 Å². The van der Waals surface area contributed by atoms with Gasteiger partial charge in [-0.05, 0) is 144 Å². The predicted molar refractivity (Wildman–Crippen MR) is 284 cm³/mol. The van der Waals surface area contributed by atoms with Crippen molar-refractivity contribution in [2.24, 2.45) is 10.7 Å². The molecule has 0 aliphatic carbocycles. The Morgan fingerprint density at radius 3 is 1.98 bits per heavy atom. The van der Waals surface area contributed by atoms with Crippen molar-refractivity contribution in [3.63, 3.8) is 0 Å². The Morgan fingerprint density at radius 2 is 1.43 bits per heavy atom. The van der Waals surface area contributed by atoms with Crippen LogP contribution in [-0.2, 0) is 6.42 Å². The lowest BCUT2D eigenvalue weighted by Gasteiger charge is -2.15. The molecule has 65 heavy (non-hydrogen) atoms. The number of nitrogen functional groups attached to an aromatic ring is 1. The fourth-order valence-corrected chi connectivity index (χ4v) is 9.17. The third-order valence-electron chi connectivity index (χ3n) is 10.3. The second-order valence-corrected chi connectivity index (χ2v) is 19.2. The van der Waals surface area contributed by atoms with Gasteiger partial charge in [0.05, 0.1) is 5.33 Å². The van der Waals surface area contributed by atoms with Crippen molar-refractivity contribution in [2.75, 3.05) is 79.7 Å². The minimum Gasteiger partial charge on any atom is -0.492 e. The van der Waals surface area contributed by atoms with Crippen LogP contribution in [0.15, 0.2) is 102 Å². The van der Waals surface area contributed by atoms with Gasteiger partial charge in [0, 0.05) is 41.1 Å². The number of thiazole rings is 1. The molecule has 2 fully saturated rings. The Labute approximate surface area is 408 Å². The maximum atomic E-state index is 12.9. The van der Waals surface area contributed by atoms with Gasteiger partial charge in [0.15, 0.2) is 21.2 Å². The van der Waals surface area contributed by atoms with Crippen LogP contribution in [0.25, 0.3) is 0 Å². The molecular formula is C48H60BrN8O4PS3. The summed E-state index contributed by atoms with van der Waals surface area (Å²) in [6.07, 6.45) is 6.08. The molecule has 3 heterocycles. The molecule has 4 aromatic carbocycles. The Hall–Kier alpha value is -4.41. The Kier molecular flexibility index (Phi) is 22.2. The summed E-state index contributed by atoms with van der Waals surface area (Å²) in [5, 5.41) is 8.08. The molecule has 1 atom stereocenters. The number of alkyl halides is 1. The molecule has 1 unspecified atom stereocenters. The standard InChI is InChI=1S/C24H28N4O2S.C15H23N4OPS2.C9H9BrO/c1-2-17-6-5-7-18(16-17)21(29)22-23(25)27-24(31-22)26-19-8-10-20(11-9-19)30-15-14-28-12-3-4-13-28;16-14(23-11-21)18-15(22)17-12-3-5-13(6-4-12)20-10-9-19-7-1-2-8-19;1-7-3-2-4-8(5-7)9(11)6-10/h5-11,16H,2-4,12-15,25H2,1H3,(H,26,27);3-6H,1-2,7-11,21H2,(H3,16,17,18,22);2-5H,6H2,1H3. The number of nitrogens with zero attached hydrogens (tertiary/aromatic N) is 4. The number of carbonyl (C=O) groups excluding carboxylic acids is 2. The third-order valence-corrected chi connectivity index (χ3v) is 13.1. The highest BCUT2D eigenvalue weighted by atomic mass is 79.9. The lowest BCUT2D eigenvalue weighted by atomic mass is 10.1. The fraction of sp³-hybridized carbons (Fsp3) is 0.354. The van der Waals surface area contributed by atoms with Gasteiger partial charge in [-0.1, -0.05) is 87.9 Å². The highest BCUT2D eigenvalue weighted by Gasteiger charge is 2.19. The van der Waals surface area contributed by atoms with E-state index in [0.29, 0.717) is 37.8 Å². The van der Waals surface area contributed by atoms with E-state index < -0.39 is 0 Å². The Morgan fingerprint density at radius 1 is 0.862 bits per heavy atom. The number of anilines is 4. The Bertz CT molecular complexity index is 2300. The number of thiocarbonyl (C=S) groups is 1. The molecule has 1 aromatic heterocycles. The molecule has 2 aliphatic rings. The summed E-state index contributed by atoms with van der Waals surface area (Å²) in [7, 11) is 2.58. The number of Topliss-reactive ketones (excluding diaryl/α,β-unsaturated/α-hetero) is 1. The second kappa shape index (κ2) is 27.9. The number of nitrogens with one attached hydrogen (secondary N) is 2. The van der Waals surface area contributed by atoms with Crippen LogP contribution < -0.4 is 31.6 Å². The molecule has 6 N–H and O–H groups in total. The third kappa shape index (κ3) is 18.1. The van der Waals surface area contributed by atoms with Gasteiger partial charge in [-0.25, -0.2) is 4.98 Å². The monoisotopic (exact) mass is 1020 g/mol. The summed E-state index contributed by atoms with van der Waals surface area (Å²) in [4.78, 5) is 37.8. The molecular weight excluding hydrogens is 960 g/mol. The zero-order valence-corrected chi connectivity index (χ0v) is 42.3. The maximum absolute atomic E-state index is 12.9. The van der Waals surface area contributed by atoms with E-state index >= 15 is 0 Å². The largest absolute Gasteiger partial charge is 0.492 e. The molecule has 17 heteroatoms. The van der Waals surface area contributed by atoms with E-state index in [9.17, 15) is 9.59 Å². The number of aromatic nitrogens is 1. The molecule has 5 aromatic rings. The molecule has 0 saturated carbocycles. The van der Waals surface area contributed by atoms with Crippen molar-refractivity contribution >= 4 is 105 Å². The van der Waals surface area contributed by atoms with E-state index in [2.05, 4.69) is 62.5 Å². The number of aliphatic imine (C=N–C) groups is 1.